The molecule has 0 saturated heterocycles. The Morgan fingerprint density at radius 1 is 1.05 bits per heavy atom. The highest BCUT2D eigenvalue weighted by molar-refractivity contribution is 5.50. The van der Waals surface area contributed by atoms with Crippen molar-refractivity contribution in [3.05, 3.63) is 65.5 Å². The van der Waals surface area contributed by atoms with Crippen LogP contribution in [0.4, 0.5) is 10.1 Å². The lowest BCUT2D eigenvalue weighted by molar-refractivity contribution is 0.626. The average Bonchev–Trinajstić information content (AvgIpc) is 3.26. The Bertz CT molecular complexity index is 572. The predicted molar refractivity (Wildman–Crippen MR) is 81.7 cm³/mol. The van der Waals surface area contributed by atoms with Gasteiger partial charge in [0.25, 0.3) is 0 Å². The van der Waals surface area contributed by atoms with Crippen LogP contribution in [0.3, 0.4) is 0 Å². The molecule has 2 aromatic carbocycles. The molecule has 0 N–H and O–H groups in total. The standard InChI is InChI=1S/C18H20FN/c1-2-20(18-10-11-18)17-8-6-14(7-9-17)12-15-4-3-5-16(19)13-15/h3-9,13,18H,2,10-12H2,1H3. The Morgan fingerprint density at radius 2 is 1.80 bits per heavy atom. The van der Waals surface area contributed by atoms with Crippen LogP contribution in [0.25, 0.3) is 0 Å². The van der Waals surface area contributed by atoms with E-state index in [1.54, 1.807) is 12.1 Å². The lowest BCUT2D eigenvalue weighted by atomic mass is 10.0. The second-order valence-electron chi connectivity index (χ2n) is 5.49. The molecule has 0 amide bonds. The van der Waals surface area contributed by atoms with Gasteiger partial charge in [0, 0.05) is 18.3 Å². The van der Waals surface area contributed by atoms with Crippen LogP contribution in [-0.4, -0.2) is 12.6 Å². The Kier molecular flexibility index (Phi) is 3.72. The maximum Gasteiger partial charge on any atom is 0.123 e. The molecule has 1 aliphatic rings. The SMILES string of the molecule is CCN(c1ccc(Cc2cccc(F)c2)cc1)C1CC1. The number of nitrogens with zero attached hydrogens (tertiary/aromatic N) is 1. The number of hydrogen-bond donors (Lipinski definition) is 0. The molecule has 20 heavy (non-hydrogen) atoms. The summed E-state index contributed by atoms with van der Waals surface area (Å²) in [4.78, 5) is 2.46. The minimum absolute atomic E-state index is 0.162. The highest BCUT2D eigenvalue weighted by atomic mass is 19.1. The van der Waals surface area contributed by atoms with Gasteiger partial charge in [-0.25, -0.2) is 4.39 Å². The van der Waals surface area contributed by atoms with Crippen LogP contribution < -0.4 is 4.90 Å². The maximum absolute atomic E-state index is 13.2. The van der Waals surface area contributed by atoms with Gasteiger partial charge in [0.05, 0.1) is 0 Å². The summed E-state index contributed by atoms with van der Waals surface area (Å²) in [5, 5.41) is 0. The van der Waals surface area contributed by atoms with Crippen molar-refractivity contribution in [3.8, 4) is 0 Å². The largest absolute Gasteiger partial charge is 0.369 e. The van der Waals surface area contributed by atoms with Gasteiger partial charge in [-0.1, -0.05) is 24.3 Å². The molecule has 1 aliphatic carbocycles. The first kappa shape index (κ1) is 13.2. The summed E-state index contributed by atoms with van der Waals surface area (Å²) in [6.07, 6.45) is 3.42. The molecule has 0 aromatic heterocycles. The summed E-state index contributed by atoms with van der Waals surface area (Å²) in [6, 6.07) is 16.3. The van der Waals surface area contributed by atoms with Crippen LogP contribution in [0.15, 0.2) is 48.5 Å². The molecular weight excluding hydrogens is 249 g/mol. The molecule has 1 saturated carbocycles. The van der Waals surface area contributed by atoms with Crippen LogP contribution in [0.1, 0.15) is 30.9 Å². The smallest absolute Gasteiger partial charge is 0.123 e. The fourth-order valence-corrected chi connectivity index (χ4v) is 2.73. The van der Waals surface area contributed by atoms with Gasteiger partial charge in [-0.2, -0.15) is 0 Å². The molecule has 0 radical (unpaired) electrons. The van der Waals surface area contributed by atoms with E-state index in [4.69, 9.17) is 0 Å². The van der Waals surface area contributed by atoms with Crippen LogP contribution in [0.5, 0.6) is 0 Å². The van der Waals surface area contributed by atoms with Crippen molar-refractivity contribution < 1.29 is 4.39 Å². The average molecular weight is 269 g/mol. The van der Waals surface area contributed by atoms with Crippen LogP contribution in [0, 0.1) is 5.82 Å². The van der Waals surface area contributed by atoms with Crippen molar-refractivity contribution in [2.75, 3.05) is 11.4 Å². The Labute approximate surface area is 120 Å². The second-order valence-corrected chi connectivity index (χ2v) is 5.49. The minimum atomic E-state index is -0.162. The van der Waals surface area contributed by atoms with Crippen LogP contribution >= 0.6 is 0 Å². The van der Waals surface area contributed by atoms with Crippen molar-refractivity contribution in [1.82, 2.24) is 0 Å². The topological polar surface area (TPSA) is 3.24 Å². The van der Waals surface area contributed by atoms with Crippen LogP contribution in [0.2, 0.25) is 0 Å². The van der Waals surface area contributed by atoms with Crippen molar-refractivity contribution in [3.63, 3.8) is 0 Å². The number of benzene rings is 2. The van der Waals surface area contributed by atoms with Crippen molar-refractivity contribution in [2.45, 2.75) is 32.2 Å². The molecule has 3 rings (SSSR count). The third-order valence-corrected chi connectivity index (χ3v) is 3.89. The molecular formula is C18H20FN. The van der Waals surface area contributed by atoms with Gasteiger partial charge in [-0.05, 0) is 61.6 Å². The molecule has 1 fully saturated rings. The molecule has 0 atom stereocenters. The van der Waals surface area contributed by atoms with E-state index in [0.717, 1.165) is 24.6 Å². The number of halogens is 1. The number of rotatable bonds is 5. The van der Waals surface area contributed by atoms with E-state index in [9.17, 15) is 4.39 Å². The van der Waals surface area contributed by atoms with Gasteiger partial charge in [0.2, 0.25) is 0 Å². The zero-order valence-corrected chi connectivity index (χ0v) is 11.8. The van der Waals surface area contributed by atoms with Crippen molar-refractivity contribution in [2.24, 2.45) is 0 Å². The van der Waals surface area contributed by atoms with Crippen LogP contribution in [-0.2, 0) is 6.42 Å². The fraction of sp³-hybridized carbons (Fsp3) is 0.333. The first-order valence-corrected chi connectivity index (χ1v) is 7.36. The fourth-order valence-electron chi connectivity index (χ4n) is 2.73. The van der Waals surface area contributed by atoms with E-state index in [2.05, 4.69) is 36.1 Å². The highest BCUT2D eigenvalue weighted by Gasteiger charge is 2.27. The van der Waals surface area contributed by atoms with E-state index in [1.165, 1.54) is 30.2 Å². The summed E-state index contributed by atoms with van der Waals surface area (Å²) >= 11 is 0. The summed E-state index contributed by atoms with van der Waals surface area (Å²) in [5.41, 5.74) is 3.55. The number of anilines is 1. The first-order chi connectivity index (χ1) is 9.76. The Balaban J connectivity index is 1.72. The van der Waals surface area contributed by atoms with E-state index < -0.39 is 0 Å². The van der Waals surface area contributed by atoms with E-state index >= 15 is 0 Å². The summed E-state index contributed by atoms with van der Waals surface area (Å²) in [6.45, 7) is 3.27. The third-order valence-electron chi connectivity index (χ3n) is 3.89. The monoisotopic (exact) mass is 269 g/mol. The van der Waals surface area contributed by atoms with Gasteiger partial charge < -0.3 is 4.90 Å². The Morgan fingerprint density at radius 3 is 2.40 bits per heavy atom. The Hall–Kier alpha value is -1.83. The van der Waals surface area contributed by atoms with Gasteiger partial charge in [-0.3, -0.25) is 0 Å². The van der Waals surface area contributed by atoms with Crippen molar-refractivity contribution >= 4 is 5.69 Å². The minimum Gasteiger partial charge on any atom is -0.369 e. The lowest BCUT2D eigenvalue weighted by Crippen LogP contribution is -2.24. The summed E-state index contributed by atoms with van der Waals surface area (Å²) < 4.78 is 13.2. The zero-order chi connectivity index (χ0) is 13.9. The molecule has 0 spiro atoms. The normalized spacial score (nSPS) is 14.3. The summed E-state index contributed by atoms with van der Waals surface area (Å²) in [5.74, 6) is -0.162. The quantitative estimate of drug-likeness (QED) is 0.777. The van der Waals surface area contributed by atoms with Gasteiger partial charge in [-0.15, -0.1) is 0 Å². The third kappa shape index (κ3) is 3.01. The zero-order valence-electron chi connectivity index (χ0n) is 11.8. The molecule has 2 aromatic rings. The molecule has 0 heterocycles. The summed E-state index contributed by atoms with van der Waals surface area (Å²) in [7, 11) is 0. The van der Waals surface area contributed by atoms with Gasteiger partial charge >= 0.3 is 0 Å². The molecule has 0 bridgehead atoms. The lowest BCUT2D eigenvalue weighted by Gasteiger charge is -2.22. The second kappa shape index (κ2) is 5.66. The molecule has 104 valence electrons. The highest BCUT2D eigenvalue weighted by Crippen LogP contribution is 2.31. The van der Waals surface area contributed by atoms with Gasteiger partial charge in [0.15, 0.2) is 0 Å². The number of hydrogen-bond acceptors (Lipinski definition) is 1. The molecule has 0 unspecified atom stereocenters. The van der Waals surface area contributed by atoms with Crippen molar-refractivity contribution in [1.29, 1.82) is 0 Å². The molecule has 1 nitrogen and oxygen atoms in total. The van der Waals surface area contributed by atoms with Gasteiger partial charge in [0.1, 0.15) is 5.82 Å². The van der Waals surface area contributed by atoms with E-state index in [-0.39, 0.29) is 5.82 Å². The molecule has 0 aliphatic heterocycles. The molecule has 2 heteroatoms. The first-order valence-electron chi connectivity index (χ1n) is 7.36. The van der Waals surface area contributed by atoms with E-state index in [1.807, 2.05) is 6.07 Å². The van der Waals surface area contributed by atoms with E-state index in [0.29, 0.717) is 0 Å². The maximum atomic E-state index is 13.2. The predicted octanol–water partition coefficient (Wildman–Crippen LogP) is 4.41.